The quantitative estimate of drug-likeness (QED) is 0.828. The summed E-state index contributed by atoms with van der Waals surface area (Å²) in [7, 11) is 0. The van der Waals surface area contributed by atoms with E-state index in [1.165, 1.54) is 17.1 Å². The van der Waals surface area contributed by atoms with Crippen molar-refractivity contribution in [2.75, 3.05) is 10.0 Å². The van der Waals surface area contributed by atoms with Crippen LogP contribution in [0.2, 0.25) is 0 Å². The summed E-state index contributed by atoms with van der Waals surface area (Å²) in [4.78, 5) is 0. The first-order valence-corrected chi connectivity index (χ1v) is 7.19. The molecule has 2 aromatic rings. The van der Waals surface area contributed by atoms with E-state index < -0.39 is 11.7 Å². The second-order valence-electron chi connectivity index (χ2n) is 5.42. The van der Waals surface area contributed by atoms with Crippen molar-refractivity contribution in [1.29, 1.82) is 0 Å². The summed E-state index contributed by atoms with van der Waals surface area (Å²) in [5, 5.41) is 13.4. The minimum Gasteiger partial charge on any atom is -0.492 e. The summed E-state index contributed by atoms with van der Waals surface area (Å²) >= 11 is 0. The number of anilines is 2. The number of aliphatic hydroxyl groups excluding tert-OH is 1. The number of nitrogens with one attached hydrogen (secondary N) is 1. The Labute approximate surface area is 141 Å². The molecule has 8 heteroatoms. The lowest BCUT2D eigenvalue weighted by Gasteiger charge is -2.26. The molecule has 2 aliphatic rings. The Morgan fingerprint density at radius 3 is 2.24 bits per heavy atom. The van der Waals surface area contributed by atoms with Gasteiger partial charge >= 0.3 is 6.18 Å². The zero-order valence-corrected chi connectivity index (χ0v) is 12.7. The lowest BCUT2D eigenvalue weighted by Crippen LogP contribution is -2.42. The van der Waals surface area contributed by atoms with Gasteiger partial charge in [-0.25, -0.2) is 5.01 Å². The molecule has 25 heavy (non-hydrogen) atoms. The van der Waals surface area contributed by atoms with Crippen LogP contribution in [0.4, 0.5) is 24.5 Å². The number of aliphatic hydroxyl groups is 1. The molecule has 0 amide bonds. The molecule has 4 N–H and O–H groups in total. The van der Waals surface area contributed by atoms with E-state index in [-0.39, 0.29) is 11.4 Å². The van der Waals surface area contributed by atoms with E-state index in [4.69, 9.17) is 0 Å². The summed E-state index contributed by atoms with van der Waals surface area (Å²) in [5.74, 6) is -0.0829. The van der Waals surface area contributed by atoms with Crippen LogP contribution in [0.3, 0.4) is 0 Å². The minimum absolute atomic E-state index is 0. The maximum absolute atomic E-state index is 12.7. The van der Waals surface area contributed by atoms with Crippen molar-refractivity contribution in [3.8, 4) is 0 Å². The predicted octanol–water partition coefficient (Wildman–Crippen LogP) is 3.38. The first-order chi connectivity index (χ1) is 11.4. The monoisotopic (exact) mass is 349 g/mol. The van der Waals surface area contributed by atoms with Gasteiger partial charge in [0.2, 0.25) is 5.88 Å². The molecule has 0 aromatic heterocycles. The number of hydrazine groups is 2. The van der Waals surface area contributed by atoms with Gasteiger partial charge in [-0.2, -0.15) is 13.2 Å². The normalized spacial score (nSPS) is 15.8. The number of hydrogen-bond donors (Lipinski definition) is 2. The Morgan fingerprint density at radius 2 is 1.56 bits per heavy atom. The average molecular weight is 349 g/mol. The lowest BCUT2D eigenvalue weighted by molar-refractivity contribution is -0.137. The first-order valence-electron chi connectivity index (χ1n) is 7.19. The topological polar surface area (TPSA) is 70.2 Å². The lowest BCUT2D eigenvalue weighted by atomic mass is 10.1. The molecular formula is C17H14F3N3O2. The van der Waals surface area contributed by atoms with Crippen LogP contribution >= 0.6 is 0 Å². The number of rotatable bonds is 1. The van der Waals surface area contributed by atoms with Crippen LogP contribution in [-0.4, -0.2) is 10.6 Å². The van der Waals surface area contributed by atoms with Crippen LogP contribution in [0, 0.1) is 0 Å². The molecule has 0 unspecified atom stereocenters. The fraction of sp³-hybridized carbons (Fsp3) is 0.0588. The van der Waals surface area contributed by atoms with Crippen LogP contribution in [0.25, 0.3) is 6.08 Å². The number of benzene rings is 2. The summed E-state index contributed by atoms with van der Waals surface area (Å²) in [6, 6.07) is 12.2. The first kappa shape index (κ1) is 16.9. The zero-order valence-electron chi connectivity index (χ0n) is 12.7. The van der Waals surface area contributed by atoms with Gasteiger partial charge < -0.3 is 10.6 Å². The van der Waals surface area contributed by atoms with E-state index in [1.807, 2.05) is 30.3 Å². The number of halogens is 3. The smallest absolute Gasteiger partial charge is 0.416 e. The van der Waals surface area contributed by atoms with Crippen LogP contribution in [0.15, 0.2) is 66.2 Å². The summed E-state index contributed by atoms with van der Waals surface area (Å²) in [5.41, 5.74) is 4.98. The van der Waals surface area contributed by atoms with Crippen molar-refractivity contribution in [3.63, 3.8) is 0 Å². The van der Waals surface area contributed by atoms with Gasteiger partial charge in [0.25, 0.3) is 0 Å². The Morgan fingerprint density at radius 1 is 0.880 bits per heavy atom. The number of para-hydroxylation sites is 1. The van der Waals surface area contributed by atoms with Gasteiger partial charge in [0.1, 0.15) is 5.70 Å². The van der Waals surface area contributed by atoms with Gasteiger partial charge in [-0.05, 0) is 42.0 Å². The molecule has 2 aliphatic heterocycles. The molecule has 0 saturated heterocycles. The number of allylic oxidation sites excluding steroid dienone is 1. The summed E-state index contributed by atoms with van der Waals surface area (Å²) in [6.45, 7) is 0. The molecule has 0 spiro atoms. The third kappa shape index (κ3) is 2.71. The van der Waals surface area contributed by atoms with Crippen molar-refractivity contribution in [3.05, 3.63) is 77.3 Å². The van der Waals surface area contributed by atoms with Gasteiger partial charge in [-0.1, -0.05) is 24.3 Å². The number of alkyl halides is 3. The molecule has 0 atom stereocenters. The molecule has 2 aromatic carbocycles. The number of hydrogen-bond acceptors (Lipinski definition) is 4. The van der Waals surface area contributed by atoms with Crippen molar-refractivity contribution < 1.29 is 23.8 Å². The van der Waals surface area contributed by atoms with Gasteiger partial charge in [-0.15, -0.1) is 5.53 Å². The molecule has 0 radical (unpaired) electrons. The summed E-state index contributed by atoms with van der Waals surface area (Å²) < 4.78 is 38.0. The highest BCUT2D eigenvalue weighted by Gasteiger charge is 2.34. The molecule has 0 aliphatic carbocycles. The van der Waals surface area contributed by atoms with E-state index in [9.17, 15) is 18.3 Å². The van der Waals surface area contributed by atoms with Crippen molar-refractivity contribution >= 4 is 17.5 Å². The Balaban J connectivity index is 0.00000182. The highest BCUT2D eigenvalue weighted by atomic mass is 19.4. The van der Waals surface area contributed by atoms with E-state index in [1.54, 1.807) is 11.1 Å². The van der Waals surface area contributed by atoms with E-state index in [0.717, 1.165) is 23.4 Å². The largest absolute Gasteiger partial charge is 0.492 e. The van der Waals surface area contributed by atoms with Gasteiger partial charge in [0, 0.05) is 0 Å². The van der Waals surface area contributed by atoms with Crippen molar-refractivity contribution in [2.45, 2.75) is 6.18 Å². The molecular weight excluding hydrogens is 335 g/mol. The van der Waals surface area contributed by atoms with Crippen LogP contribution < -0.4 is 15.6 Å². The highest BCUT2D eigenvalue weighted by molar-refractivity contribution is 5.78. The molecule has 130 valence electrons. The minimum atomic E-state index is -4.39. The Kier molecular flexibility index (Phi) is 3.94. The van der Waals surface area contributed by atoms with Crippen LogP contribution in [0.1, 0.15) is 11.1 Å². The van der Waals surface area contributed by atoms with Crippen molar-refractivity contribution in [2.24, 2.45) is 0 Å². The maximum Gasteiger partial charge on any atom is 0.416 e. The summed E-state index contributed by atoms with van der Waals surface area (Å²) in [6.07, 6.45) is -0.777. The molecule has 0 fully saturated rings. The van der Waals surface area contributed by atoms with Gasteiger partial charge in [-0.3, -0.25) is 5.01 Å². The molecule has 0 bridgehead atoms. The zero-order chi connectivity index (χ0) is 16.9. The predicted molar refractivity (Wildman–Crippen MR) is 88.3 cm³/mol. The average Bonchev–Trinajstić information content (AvgIpc) is 2.92. The molecule has 2 heterocycles. The maximum atomic E-state index is 12.7. The molecule has 5 nitrogen and oxygen atoms in total. The molecule has 4 rings (SSSR count). The van der Waals surface area contributed by atoms with Crippen LogP contribution in [0.5, 0.6) is 0 Å². The number of fused-ring (bicyclic) bond motifs is 3. The molecule has 0 saturated carbocycles. The van der Waals surface area contributed by atoms with E-state index in [0.29, 0.717) is 11.4 Å². The van der Waals surface area contributed by atoms with E-state index in [2.05, 4.69) is 5.53 Å². The number of nitrogens with zero attached hydrogens (tertiary/aromatic N) is 2. The van der Waals surface area contributed by atoms with E-state index >= 15 is 0 Å². The third-order valence-corrected chi connectivity index (χ3v) is 3.93. The fourth-order valence-electron chi connectivity index (χ4n) is 2.73. The Hall–Kier alpha value is -2.97. The fourth-order valence-corrected chi connectivity index (χ4v) is 2.73. The SMILES string of the molecule is O.OC1=C2C=Cc3ccccc3N2NN1c1ccc(C(F)(F)F)cc1. The van der Waals surface area contributed by atoms with Gasteiger partial charge in [0.15, 0.2) is 0 Å². The second kappa shape index (κ2) is 5.83. The second-order valence-corrected chi connectivity index (χ2v) is 5.42. The Bertz CT molecular complexity index is 860. The third-order valence-electron chi connectivity index (χ3n) is 3.93. The standard InChI is InChI=1S/C17H12F3N3O.H2O/c18-17(19,20)12-6-8-13(9-7-12)22-16(24)15-10-5-11-3-1-2-4-14(11)23(15)21-22;/h1-10,21,24H;1H2. The van der Waals surface area contributed by atoms with Crippen molar-refractivity contribution in [1.82, 2.24) is 5.53 Å². The van der Waals surface area contributed by atoms with Crippen LogP contribution in [-0.2, 0) is 6.18 Å². The highest BCUT2D eigenvalue weighted by Crippen LogP contribution is 2.36. The van der Waals surface area contributed by atoms with Gasteiger partial charge in [0.05, 0.1) is 16.9 Å².